The zero-order valence-electron chi connectivity index (χ0n) is 6.90. The number of rotatable bonds is 3. The van der Waals surface area contributed by atoms with E-state index in [1.807, 2.05) is 23.0 Å². The minimum atomic E-state index is 0.828. The average Bonchev–Trinajstić information content (AvgIpc) is 2.85. The highest BCUT2D eigenvalue weighted by atomic mass is 16.7. The maximum atomic E-state index is 4.89. The lowest BCUT2D eigenvalue weighted by atomic mass is 10.2. The number of aromatic nitrogens is 3. The summed E-state index contributed by atoms with van der Waals surface area (Å²) in [7, 11) is 1.62. The van der Waals surface area contributed by atoms with E-state index < -0.39 is 0 Å². The van der Waals surface area contributed by atoms with Crippen LogP contribution in [0.1, 0.15) is 5.56 Å². The summed E-state index contributed by atoms with van der Waals surface area (Å²) in [5.41, 5.74) is 1.25. The Morgan fingerprint density at radius 2 is 2.08 bits per heavy atom. The zero-order valence-corrected chi connectivity index (χ0v) is 6.90. The van der Waals surface area contributed by atoms with Crippen LogP contribution < -0.4 is 4.84 Å². The van der Waals surface area contributed by atoms with Crippen LogP contribution in [0.4, 0.5) is 0 Å². The molecule has 0 saturated heterocycles. The van der Waals surface area contributed by atoms with Crippen molar-refractivity contribution in [3.63, 3.8) is 0 Å². The van der Waals surface area contributed by atoms with Gasteiger partial charge in [-0.05, 0) is 10.5 Å². The lowest BCUT2D eigenvalue weighted by Crippen LogP contribution is -2.02. The van der Waals surface area contributed by atoms with Crippen LogP contribution >= 0.6 is 0 Å². The van der Waals surface area contributed by atoms with Gasteiger partial charge < -0.3 is 4.84 Å². The highest BCUT2D eigenvalue weighted by molar-refractivity contribution is 5.14. The van der Waals surface area contributed by atoms with Gasteiger partial charge in [0.1, 0.15) is 7.11 Å². The number of hydrogen-bond acceptors (Lipinski definition) is 1. The molecular weight excluding hydrogens is 154 g/mol. The van der Waals surface area contributed by atoms with Crippen LogP contribution in [0.15, 0.2) is 30.3 Å². The second-order valence-electron chi connectivity index (χ2n) is 2.60. The van der Waals surface area contributed by atoms with E-state index in [0.717, 1.165) is 6.54 Å². The number of H-pyrrole nitrogens is 1. The van der Waals surface area contributed by atoms with Crippen molar-refractivity contribution in [2.75, 3.05) is 7.11 Å². The second kappa shape index (κ2) is 2.81. The molecule has 64 valence electrons. The van der Waals surface area contributed by atoms with Crippen LogP contribution in [0.2, 0.25) is 0 Å². The van der Waals surface area contributed by atoms with Crippen LogP contribution in [-0.4, -0.2) is 22.1 Å². The third-order valence-electron chi connectivity index (χ3n) is 1.73. The van der Waals surface area contributed by atoms with Gasteiger partial charge in [-0.25, -0.2) is 0 Å². The molecule has 0 saturated carbocycles. The van der Waals surface area contributed by atoms with Gasteiger partial charge in [-0.1, -0.05) is 30.3 Å². The van der Waals surface area contributed by atoms with E-state index in [4.69, 9.17) is 4.84 Å². The molecule has 0 amide bonds. The van der Waals surface area contributed by atoms with E-state index in [-0.39, 0.29) is 0 Å². The van der Waals surface area contributed by atoms with Gasteiger partial charge in [0.15, 0.2) is 0 Å². The molecule has 2 rings (SSSR count). The molecule has 0 atom stereocenters. The summed E-state index contributed by atoms with van der Waals surface area (Å²) < 4.78 is 0. The number of nitrogens with one attached hydrogen (secondary N) is 1. The summed E-state index contributed by atoms with van der Waals surface area (Å²) in [4.78, 5) is 8.34. The first kappa shape index (κ1) is 7.09. The Labute approximate surface area is 70.2 Å². The third-order valence-corrected chi connectivity index (χ3v) is 1.73. The van der Waals surface area contributed by atoms with E-state index in [9.17, 15) is 0 Å². The molecule has 1 aromatic carbocycles. The number of aromatic amines is 1. The Morgan fingerprint density at radius 3 is 2.67 bits per heavy atom. The highest BCUT2D eigenvalue weighted by Crippen LogP contribution is 2.01. The Morgan fingerprint density at radius 1 is 1.33 bits per heavy atom. The molecular formula is C8H11N3O. The minimum absolute atomic E-state index is 0.828. The van der Waals surface area contributed by atoms with Crippen LogP contribution in [0.25, 0.3) is 0 Å². The quantitative estimate of drug-likeness (QED) is 0.714. The zero-order chi connectivity index (χ0) is 8.39. The van der Waals surface area contributed by atoms with E-state index in [1.54, 1.807) is 12.1 Å². The lowest BCUT2D eigenvalue weighted by Gasteiger charge is -1.94. The average molecular weight is 165 g/mol. The van der Waals surface area contributed by atoms with Crippen molar-refractivity contribution >= 4 is 0 Å². The standard InChI is InChI=1S/C8H11N3O/c1-12-11-9-10(11)7-8-5-3-2-4-6-8/h2-6,9H,7H2,1H3. The van der Waals surface area contributed by atoms with Crippen molar-refractivity contribution in [2.24, 2.45) is 0 Å². The maximum absolute atomic E-state index is 4.89. The molecule has 1 heterocycles. The Hall–Kier alpha value is -1.58. The van der Waals surface area contributed by atoms with Gasteiger partial charge in [-0.15, -0.1) is 0 Å². The predicted octanol–water partition coefficient (Wildman–Crippen LogP) is 0.724. The second-order valence-corrected chi connectivity index (χ2v) is 2.60. The molecule has 4 nitrogen and oxygen atoms in total. The molecule has 0 aliphatic heterocycles. The molecule has 0 unspecified atom stereocenters. The molecule has 0 aliphatic carbocycles. The lowest BCUT2D eigenvalue weighted by molar-refractivity contribution is 0.147. The molecule has 0 spiro atoms. The maximum Gasteiger partial charge on any atom is 0.108 e. The van der Waals surface area contributed by atoms with Crippen molar-refractivity contribution in [1.29, 1.82) is 0 Å². The summed E-state index contributed by atoms with van der Waals surface area (Å²) in [6.07, 6.45) is 0. The summed E-state index contributed by atoms with van der Waals surface area (Å²) in [5.74, 6) is 0. The highest BCUT2D eigenvalue weighted by Gasteiger charge is 2.04. The molecule has 0 radical (unpaired) electrons. The van der Waals surface area contributed by atoms with E-state index in [0.29, 0.717) is 0 Å². The molecule has 12 heavy (non-hydrogen) atoms. The van der Waals surface area contributed by atoms with Crippen molar-refractivity contribution < 1.29 is 4.84 Å². The largest absolute Gasteiger partial charge is 0.385 e. The smallest absolute Gasteiger partial charge is 0.108 e. The SMILES string of the molecule is COn1[nH]n1Cc1ccccc1. The monoisotopic (exact) mass is 165 g/mol. The van der Waals surface area contributed by atoms with Gasteiger partial charge in [0.25, 0.3) is 0 Å². The predicted molar refractivity (Wildman–Crippen MR) is 44.8 cm³/mol. The van der Waals surface area contributed by atoms with E-state index in [2.05, 4.69) is 17.3 Å². The number of hydrogen-bond donors (Lipinski definition) is 1. The molecule has 0 aliphatic rings. The first-order chi connectivity index (χ1) is 5.90. The van der Waals surface area contributed by atoms with Gasteiger partial charge in [0.05, 0.1) is 6.54 Å². The Bertz CT molecular complexity index is 330. The summed E-state index contributed by atoms with van der Waals surface area (Å²) in [6, 6.07) is 10.2. The van der Waals surface area contributed by atoms with E-state index >= 15 is 0 Å². The molecule has 1 aromatic heterocycles. The topological polar surface area (TPSA) is 34.9 Å². The fourth-order valence-electron chi connectivity index (χ4n) is 1.07. The summed E-state index contributed by atoms with van der Waals surface area (Å²) in [6.45, 7) is 0.828. The molecule has 0 fully saturated rings. The fourth-order valence-corrected chi connectivity index (χ4v) is 1.07. The van der Waals surface area contributed by atoms with Crippen molar-refractivity contribution in [1.82, 2.24) is 15.0 Å². The van der Waals surface area contributed by atoms with Crippen LogP contribution in [0.3, 0.4) is 0 Å². The first-order valence-corrected chi connectivity index (χ1v) is 3.82. The van der Waals surface area contributed by atoms with Crippen LogP contribution in [0.5, 0.6) is 0 Å². The molecule has 4 heteroatoms. The Kier molecular flexibility index (Phi) is 1.66. The van der Waals surface area contributed by atoms with Gasteiger partial charge in [-0.2, -0.15) is 10.0 Å². The van der Waals surface area contributed by atoms with Crippen LogP contribution in [-0.2, 0) is 6.54 Å². The van der Waals surface area contributed by atoms with Crippen molar-refractivity contribution in [3.05, 3.63) is 35.9 Å². The van der Waals surface area contributed by atoms with Gasteiger partial charge in [0.2, 0.25) is 0 Å². The molecule has 2 aromatic rings. The van der Waals surface area contributed by atoms with Crippen molar-refractivity contribution in [2.45, 2.75) is 6.54 Å². The Balaban J connectivity index is 2.02. The number of nitrogens with zero attached hydrogens (tertiary/aromatic N) is 2. The van der Waals surface area contributed by atoms with E-state index in [1.165, 1.54) is 5.56 Å². The molecule has 0 bridgehead atoms. The number of benzene rings is 1. The fraction of sp³-hybridized carbons (Fsp3) is 0.250. The third kappa shape index (κ3) is 1.37. The summed E-state index contributed by atoms with van der Waals surface area (Å²) >= 11 is 0. The van der Waals surface area contributed by atoms with Crippen molar-refractivity contribution in [3.8, 4) is 0 Å². The van der Waals surface area contributed by atoms with Crippen LogP contribution in [0, 0.1) is 0 Å². The molecule has 1 N–H and O–H groups in total. The van der Waals surface area contributed by atoms with Gasteiger partial charge >= 0.3 is 0 Å². The van der Waals surface area contributed by atoms with Gasteiger partial charge in [0, 0.05) is 0 Å². The van der Waals surface area contributed by atoms with Gasteiger partial charge in [-0.3, -0.25) is 0 Å². The normalized spacial score (nSPS) is 10.4. The first-order valence-electron chi connectivity index (χ1n) is 3.82. The summed E-state index contributed by atoms with van der Waals surface area (Å²) in [5, 5.41) is 2.91. The minimum Gasteiger partial charge on any atom is -0.385 e.